The van der Waals surface area contributed by atoms with Crippen molar-refractivity contribution < 1.29 is 28.9 Å². The predicted octanol–water partition coefficient (Wildman–Crippen LogP) is 11.9. The zero-order chi connectivity index (χ0) is 43.6. The van der Waals surface area contributed by atoms with Crippen LogP contribution in [-0.2, 0) is 14.3 Å². The average molecular weight is 868 g/mol. The minimum atomic E-state index is -0.685. The van der Waals surface area contributed by atoms with Crippen molar-refractivity contribution in [1.82, 2.24) is 19.9 Å². The van der Waals surface area contributed by atoms with Gasteiger partial charge in [0.05, 0.1) is 18.2 Å². The SMILES string of the molecule is COC(=O)CC1CCC(c2ccc(C3=Cc4c(Cl)nc(C)nc4OC3(C)C)cc2)CC1.Cc1nc(Cl)c2c(n1)OC(C)(C)C(c1ccc(C3CCC(CC(=O)O)CC3)cc1)=C2. The Morgan fingerprint density at radius 2 is 1.02 bits per heavy atom. The van der Waals surface area contributed by atoms with Gasteiger partial charge in [0.15, 0.2) is 0 Å². The molecule has 0 radical (unpaired) electrons. The van der Waals surface area contributed by atoms with Crippen LogP contribution in [0.25, 0.3) is 23.3 Å². The van der Waals surface area contributed by atoms with Crippen LogP contribution in [0.2, 0.25) is 10.3 Å². The molecule has 2 aromatic heterocycles. The molecule has 4 heterocycles. The molecular weight excluding hydrogens is 811 g/mol. The number of carbonyl (C=O) groups excluding carboxylic acids is 1. The van der Waals surface area contributed by atoms with Crippen molar-refractivity contribution in [2.75, 3.05) is 7.11 Å². The summed E-state index contributed by atoms with van der Waals surface area (Å²) < 4.78 is 17.2. The largest absolute Gasteiger partial charge is 0.481 e. The molecule has 0 atom stereocenters. The zero-order valence-corrected chi connectivity index (χ0v) is 37.7. The van der Waals surface area contributed by atoms with Gasteiger partial charge >= 0.3 is 11.9 Å². The summed E-state index contributed by atoms with van der Waals surface area (Å²) in [7, 11) is 1.46. The molecule has 2 fully saturated rings. The van der Waals surface area contributed by atoms with E-state index in [0.717, 1.165) is 84.8 Å². The Kier molecular flexibility index (Phi) is 13.3. The Labute approximate surface area is 369 Å². The number of methoxy groups -OCH3 is 1. The normalized spacial score (nSPS) is 22.4. The molecule has 0 amide bonds. The second kappa shape index (κ2) is 18.3. The fourth-order valence-electron chi connectivity index (χ4n) is 9.37. The summed E-state index contributed by atoms with van der Waals surface area (Å²) >= 11 is 12.7. The van der Waals surface area contributed by atoms with Crippen LogP contribution in [0, 0.1) is 25.7 Å². The first-order valence-electron chi connectivity index (χ1n) is 21.4. The molecule has 12 heteroatoms. The van der Waals surface area contributed by atoms with Gasteiger partial charge in [-0.2, -0.15) is 9.97 Å². The number of aromatic nitrogens is 4. The third-order valence-electron chi connectivity index (χ3n) is 12.8. The molecule has 0 saturated heterocycles. The number of carboxylic acids is 1. The molecule has 2 aliphatic heterocycles. The third-order valence-corrected chi connectivity index (χ3v) is 13.3. The highest BCUT2D eigenvalue weighted by molar-refractivity contribution is 6.31. The zero-order valence-electron chi connectivity index (χ0n) is 36.2. The molecule has 2 aromatic carbocycles. The Bertz CT molecular complexity index is 2320. The first kappa shape index (κ1) is 44.3. The molecule has 4 aliphatic rings. The predicted molar refractivity (Wildman–Crippen MR) is 240 cm³/mol. The summed E-state index contributed by atoms with van der Waals surface area (Å²) in [4.78, 5) is 39.8. The van der Waals surface area contributed by atoms with E-state index >= 15 is 0 Å². The summed E-state index contributed by atoms with van der Waals surface area (Å²) in [6.45, 7) is 11.8. The number of halogens is 2. The number of rotatable bonds is 8. The van der Waals surface area contributed by atoms with E-state index in [-0.39, 0.29) is 5.97 Å². The lowest BCUT2D eigenvalue weighted by molar-refractivity contribution is -0.142. The second-order valence-corrected chi connectivity index (χ2v) is 18.7. The van der Waals surface area contributed by atoms with Crippen LogP contribution in [0.1, 0.15) is 149 Å². The maximum Gasteiger partial charge on any atom is 0.305 e. The quantitative estimate of drug-likeness (QED) is 0.135. The van der Waals surface area contributed by atoms with Crippen molar-refractivity contribution >= 4 is 58.4 Å². The fourth-order valence-corrected chi connectivity index (χ4v) is 9.89. The molecule has 10 nitrogen and oxygen atoms in total. The average Bonchev–Trinajstić information content (AvgIpc) is 3.20. The van der Waals surface area contributed by atoms with E-state index in [2.05, 4.69) is 68.5 Å². The minimum absolute atomic E-state index is 0.0966. The fraction of sp³-hybridized carbons (Fsp3) is 0.469. The van der Waals surface area contributed by atoms with Gasteiger partial charge in [0.25, 0.3) is 0 Å². The van der Waals surface area contributed by atoms with E-state index < -0.39 is 17.2 Å². The molecule has 0 bridgehead atoms. The van der Waals surface area contributed by atoms with Gasteiger partial charge in [0, 0.05) is 24.0 Å². The van der Waals surface area contributed by atoms with Gasteiger partial charge in [0.1, 0.15) is 33.2 Å². The number of carbonyl (C=O) groups is 2. The van der Waals surface area contributed by atoms with E-state index in [4.69, 9.17) is 42.5 Å². The van der Waals surface area contributed by atoms with Crippen molar-refractivity contribution in [2.24, 2.45) is 11.8 Å². The van der Waals surface area contributed by atoms with E-state index in [1.54, 1.807) is 6.92 Å². The summed E-state index contributed by atoms with van der Waals surface area (Å²) in [6.07, 6.45) is 13.4. The summed E-state index contributed by atoms with van der Waals surface area (Å²) in [5.41, 5.74) is 7.36. The standard InChI is InChI=1S/C25H29ClN2O3.C24H27ClN2O3/c1-15-27-23(26)20-14-21(25(2,3)31-24(20)28-15)19-11-9-18(10-12-19)17-7-5-16(6-8-17)13-22(29)30-4;1-14-26-22(25)19-13-20(24(2,3)30-23(19)27-14)18-10-8-17(9-11-18)16-6-4-15(5-7-16)12-21(28)29/h9-12,14,16-17H,5-8,13H2,1-4H3;8-11,13,15-16H,4-7,12H2,1-3H3,(H,28,29). The van der Waals surface area contributed by atoms with Gasteiger partial charge in [-0.15, -0.1) is 0 Å². The first-order valence-corrected chi connectivity index (χ1v) is 22.1. The smallest absolute Gasteiger partial charge is 0.305 e. The number of aliphatic carboxylic acids is 1. The van der Waals surface area contributed by atoms with Crippen molar-refractivity contribution in [2.45, 2.75) is 129 Å². The highest BCUT2D eigenvalue weighted by atomic mass is 35.5. The van der Waals surface area contributed by atoms with Crippen molar-refractivity contribution in [1.29, 1.82) is 0 Å². The van der Waals surface area contributed by atoms with E-state index in [0.29, 0.717) is 70.2 Å². The Hall–Kier alpha value is -4.80. The summed E-state index contributed by atoms with van der Waals surface area (Å²) in [6, 6.07) is 17.4. The van der Waals surface area contributed by atoms with E-state index in [1.165, 1.54) is 18.2 Å². The van der Waals surface area contributed by atoms with Gasteiger partial charge in [-0.25, -0.2) is 9.97 Å². The molecule has 2 aliphatic carbocycles. The molecule has 1 N–H and O–H groups in total. The molecular formula is C49H56Cl2N4O6. The number of benzene rings is 2. The number of hydrogen-bond acceptors (Lipinski definition) is 9. The molecule has 2 saturated carbocycles. The van der Waals surface area contributed by atoms with Gasteiger partial charge in [0.2, 0.25) is 11.8 Å². The van der Waals surface area contributed by atoms with Gasteiger partial charge < -0.3 is 19.3 Å². The maximum atomic E-state index is 11.5. The minimum Gasteiger partial charge on any atom is -0.481 e. The summed E-state index contributed by atoms with van der Waals surface area (Å²) in [5, 5.41) is 9.82. The van der Waals surface area contributed by atoms with Gasteiger partial charge in [-0.05, 0) is 151 Å². The number of aryl methyl sites for hydroxylation is 2. The van der Waals surface area contributed by atoms with Crippen molar-refractivity contribution in [3.8, 4) is 11.8 Å². The maximum absolute atomic E-state index is 11.5. The van der Waals surface area contributed by atoms with Crippen molar-refractivity contribution in [3.63, 3.8) is 0 Å². The molecule has 0 spiro atoms. The van der Waals surface area contributed by atoms with Gasteiger partial charge in [-0.3, -0.25) is 9.59 Å². The molecule has 4 aromatic rings. The van der Waals surface area contributed by atoms with E-state index in [9.17, 15) is 9.59 Å². The molecule has 61 heavy (non-hydrogen) atoms. The topological polar surface area (TPSA) is 134 Å². The highest BCUT2D eigenvalue weighted by Gasteiger charge is 2.35. The number of esters is 1. The van der Waals surface area contributed by atoms with Crippen LogP contribution in [0.15, 0.2) is 48.5 Å². The van der Waals surface area contributed by atoms with Gasteiger partial charge in [-0.1, -0.05) is 71.7 Å². The number of fused-ring (bicyclic) bond motifs is 2. The highest BCUT2D eigenvalue weighted by Crippen LogP contribution is 2.45. The third kappa shape index (κ3) is 10.3. The lowest BCUT2D eigenvalue weighted by Gasteiger charge is -2.34. The van der Waals surface area contributed by atoms with E-state index in [1.807, 2.05) is 46.8 Å². The van der Waals surface area contributed by atoms with Crippen molar-refractivity contribution in [3.05, 3.63) is 104 Å². The number of carboxylic acid groups (broad SMARTS) is 1. The first-order chi connectivity index (χ1) is 29.0. The van der Waals surface area contributed by atoms with Crippen LogP contribution in [0.5, 0.6) is 11.8 Å². The lowest BCUT2D eigenvalue weighted by Crippen LogP contribution is -2.33. The summed E-state index contributed by atoms with van der Waals surface area (Å²) in [5.74, 6) is 3.28. The number of hydrogen-bond donors (Lipinski definition) is 1. The Balaban J connectivity index is 0.000000184. The Morgan fingerprint density at radius 1 is 0.639 bits per heavy atom. The van der Waals surface area contributed by atoms with Crippen LogP contribution in [0.3, 0.4) is 0 Å². The number of nitrogens with zero attached hydrogens (tertiary/aromatic N) is 4. The molecule has 0 unspecified atom stereocenters. The molecule has 8 rings (SSSR count). The Morgan fingerprint density at radius 3 is 1.38 bits per heavy atom. The van der Waals surface area contributed by atoms with Crippen LogP contribution in [0.4, 0.5) is 0 Å². The van der Waals surface area contributed by atoms with Crippen LogP contribution in [-0.4, -0.2) is 55.3 Å². The van der Waals surface area contributed by atoms with Crippen LogP contribution < -0.4 is 9.47 Å². The lowest BCUT2D eigenvalue weighted by atomic mass is 9.77. The monoisotopic (exact) mass is 866 g/mol. The second-order valence-electron chi connectivity index (χ2n) is 18.0. The molecule has 322 valence electrons. The van der Waals surface area contributed by atoms with Crippen LogP contribution >= 0.6 is 23.2 Å². The number of ether oxygens (including phenoxy) is 3.